The van der Waals surface area contributed by atoms with E-state index < -0.39 is 0 Å². The molecule has 3 heteroatoms. The van der Waals surface area contributed by atoms with Crippen molar-refractivity contribution in [1.29, 1.82) is 0 Å². The van der Waals surface area contributed by atoms with Gasteiger partial charge < -0.3 is 4.90 Å². The van der Waals surface area contributed by atoms with Gasteiger partial charge in [0, 0.05) is 35.7 Å². The molecule has 0 atom stereocenters. The lowest BCUT2D eigenvalue weighted by atomic mass is 9.90. The Morgan fingerprint density at radius 3 is 1.66 bits per heavy atom. The average molecular weight is 460 g/mol. The van der Waals surface area contributed by atoms with Crippen molar-refractivity contribution in [2.75, 3.05) is 6.54 Å². The van der Waals surface area contributed by atoms with Crippen molar-refractivity contribution < 1.29 is 9.59 Å². The van der Waals surface area contributed by atoms with Gasteiger partial charge in [0.2, 0.25) is 0 Å². The van der Waals surface area contributed by atoms with E-state index in [9.17, 15) is 9.59 Å². The van der Waals surface area contributed by atoms with Gasteiger partial charge in [-0.3, -0.25) is 9.59 Å². The zero-order chi connectivity index (χ0) is 24.8. The minimum Gasteiger partial charge on any atom is -0.335 e. The molecule has 0 heterocycles. The van der Waals surface area contributed by atoms with E-state index in [1.807, 2.05) is 105 Å². The maximum atomic E-state index is 14.2. The van der Waals surface area contributed by atoms with Crippen LogP contribution in [0.3, 0.4) is 0 Å². The number of Topliss-reactive ketones (excluding diaryl/α,β-unsaturated/α-hetero) is 1. The molecule has 3 aromatic carbocycles. The third kappa shape index (κ3) is 4.88. The maximum absolute atomic E-state index is 14.2. The van der Waals surface area contributed by atoms with Gasteiger partial charge in [-0.15, -0.1) is 11.8 Å². The average Bonchev–Trinajstić information content (AvgIpc) is 3.20. The van der Waals surface area contributed by atoms with Gasteiger partial charge in [0.15, 0.2) is 5.78 Å². The summed E-state index contributed by atoms with van der Waals surface area (Å²) in [5, 5.41) is 0. The molecule has 0 spiro atoms. The van der Waals surface area contributed by atoms with E-state index in [4.69, 9.17) is 0 Å². The van der Waals surface area contributed by atoms with E-state index in [1.165, 1.54) is 0 Å². The maximum Gasteiger partial charge on any atom is 0.258 e. The Labute approximate surface area is 207 Å². The summed E-state index contributed by atoms with van der Waals surface area (Å²) in [5.41, 5.74) is 4.86. The fourth-order valence-corrected chi connectivity index (χ4v) is 4.51. The van der Waals surface area contributed by atoms with Crippen molar-refractivity contribution in [3.05, 3.63) is 113 Å². The van der Waals surface area contributed by atoms with Gasteiger partial charge in [0.05, 0.1) is 5.57 Å². The minimum absolute atomic E-state index is 0.0700. The van der Waals surface area contributed by atoms with E-state index in [1.54, 1.807) is 11.8 Å². The summed E-state index contributed by atoms with van der Waals surface area (Å²) < 4.78 is 0. The van der Waals surface area contributed by atoms with Gasteiger partial charge in [0.25, 0.3) is 5.91 Å². The molecule has 0 saturated heterocycles. The fraction of sp³-hybridized carbons (Fsp3) is 0.188. The number of hydrogen-bond donors (Lipinski definition) is 0. The Balaban J connectivity index is 1.99. The first kappa shape index (κ1) is 24.0. The van der Waals surface area contributed by atoms with Crippen LogP contribution in [-0.4, -0.2) is 29.2 Å². The first-order valence-corrected chi connectivity index (χ1v) is 11.9. The first-order valence-electron chi connectivity index (χ1n) is 11.9. The lowest BCUT2D eigenvalue weighted by Gasteiger charge is -2.27. The number of ketones is 1. The summed E-state index contributed by atoms with van der Waals surface area (Å²) in [6.45, 7) is 6.21. The molecule has 0 saturated carbocycles. The van der Waals surface area contributed by atoms with Crippen LogP contribution in [0, 0.1) is 11.8 Å². The number of rotatable bonds is 7. The molecule has 0 aliphatic heterocycles. The number of carbonyl (C=O) groups excluding carboxylic acids is 2. The van der Waals surface area contributed by atoms with Crippen LogP contribution in [0.4, 0.5) is 0 Å². The molecule has 1 amide bonds. The van der Waals surface area contributed by atoms with E-state index in [-0.39, 0.29) is 23.3 Å². The predicted octanol–water partition coefficient (Wildman–Crippen LogP) is 6.28. The van der Waals surface area contributed by atoms with Crippen LogP contribution in [0.25, 0.3) is 16.7 Å². The highest BCUT2D eigenvalue weighted by atomic mass is 16.2. The smallest absolute Gasteiger partial charge is 0.258 e. The quantitative estimate of drug-likeness (QED) is 0.308. The summed E-state index contributed by atoms with van der Waals surface area (Å²) >= 11 is 0. The van der Waals surface area contributed by atoms with E-state index in [0.717, 1.165) is 22.3 Å². The molecule has 174 valence electrons. The van der Waals surface area contributed by atoms with Crippen LogP contribution < -0.4 is 0 Å². The molecule has 4 rings (SSSR count). The zero-order valence-corrected chi connectivity index (χ0v) is 20.4. The second kappa shape index (κ2) is 10.8. The Morgan fingerprint density at radius 2 is 1.20 bits per heavy atom. The summed E-state index contributed by atoms with van der Waals surface area (Å²) in [5.74, 6) is 5.46. The Kier molecular flexibility index (Phi) is 7.43. The van der Waals surface area contributed by atoms with Crippen LogP contribution in [0.15, 0.2) is 96.6 Å². The molecule has 1 aliphatic rings. The van der Waals surface area contributed by atoms with Gasteiger partial charge in [0.1, 0.15) is 0 Å². The largest absolute Gasteiger partial charge is 0.335 e. The third-order valence-corrected chi connectivity index (χ3v) is 6.14. The van der Waals surface area contributed by atoms with Gasteiger partial charge in [-0.05, 0) is 37.5 Å². The van der Waals surface area contributed by atoms with Crippen LogP contribution in [0.1, 0.15) is 43.9 Å². The predicted molar refractivity (Wildman–Crippen MR) is 143 cm³/mol. The molecule has 35 heavy (non-hydrogen) atoms. The van der Waals surface area contributed by atoms with Gasteiger partial charge in [-0.2, -0.15) is 0 Å². The van der Waals surface area contributed by atoms with Crippen molar-refractivity contribution in [3.8, 4) is 11.8 Å². The summed E-state index contributed by atoms with van der Waals surface area (Å²) in [4.78, 5) is 30.0. The van der Waals surface area contributed by atoms with Crippen molar-refractivity contribution >= 4 is 28.4 Å². The van der Waals surface area contributed by atoms with Crippen molar-refractivity contribution in [2.45, 2.75) is 33.2 Å². The minimum atomic E-state index is -0.249. The molecular weight excluding hydrogens is 430 g/mol. The topological polar surface area (TPSA) is 37.4 Å². The Morgan fingerprint density at radius 1 is 0.743 bits per heavy atom. The molecule has 3 aromatic rings. The third-order valence-electron chi connectivity index (χ3n) is 6.14. The summed E-state index contributed by atoms with van der Waals surface area (Å²) in [6.07, 6.45) is 0.563. The van der Waals surface area contributed by atoms with Crippen molar-refractivity contribution in [2.24, 2.45) is 0 Å². The molecular formula is C32H29NO2. The van der Waals surface area contributed by atoms with Crippen LogP contribution >= 0.6 is 0 Å². The van der Waals surface area contributed by atoms with Crippen LogP contribution in [-0.2, 0) is 9.59 Å². The van der Waals surface area contributed by atoms with Gasteiger partial charge >= 0.3 is 0 Å². The van der Waals surface area contributed by atoms with E-state index in [2.05, 4.69) is 11.8 Å². The highest BCUT2D eigenvalue weighted by Gasteiger charge is 2.40. The molecule has 3 nitrogen and oxygen atoms in total. The first-order chi connectivity index (χ1) is 17.0. The molecule has 0 N–H and O–H groups in total. The van der Waals surface area contributed by atoms with Crippen LogP contribution in [0.5, 0.6) is 0 Å². The standard InChI is InChI=1S/C32H29NO2/c1-4-5-15-22-33(23(2)3)32(35)30-28(25-18-11-7-12-19-25)27(24-16-9-6-10-17-24)29(31(30)34)26-20-13-8-14-21-26/h6-14,16-21,23H,15,22H2,1-3H3. The zero-order valence-electron chi connectivity index (χ0n) is 20.4. The molecule has 0 radical (unpaired) electrons. The number of nitrogens with zero attached hydrogens (tertiary/aromatic N) is 1. The van der Waals surface area contributed by atoms with Crippen molar-refractivity contribution in [3.63, 3.8) is 0 Å². The van der Waals surface area contributed by atoms with Crippen molar-refractivity contribution in [1.82, 2.24) is 4.90 Å². The molecule has 0 fully saturated rings. The number of benzene rings is 3. The number of carbonyl (C=O) groups is 2. The molecule has 0 bridgehead atoms. The molecule has 0 aromatic heterocycles. The second-order valence-electron chi connectivity index (χ2n) is 8.70. The lowest BCUT2D eigenvalue weighted by Crippen LogP contribution is -2.40. The second-order valence-corrected chi connectivity index (χ2v) is 8.70. The molecule has 0 unspecified atom stereocenters. The summed E-state index contributed by atoms with van der Waals surface area (Å²) in [7, 11) is 0. The number of hydrogen-bond acceptors (Lipinski definition) is 2. The highest BCUT2D eigenvalue weighted by Crippen LogP contribution is 2.47. The Bertz CT molecular complexity index is 1340. The SMILES string of the molecule is CC#CCCN(C(=O)C1=C(c2ccccc2)C(c2ccccc2)=C(c2ccccc2)C1=O)C(C)C. The monoisotopic (exact) mass is 459 g/mol. The number of amides is 1. The normalized spacial score (nSPS) is 13.2. The lowest BCUT2D eigenvalue weighted by molar-refractivity contribution is -0.130. The Hall–Kier alpha value is -4.16. The van der Waals surface area contributed by atoms with E-state index in [0.29, 0.717) is 24.1 Å². The van der Waals surface area contributed by atoms with Crippen LogP contribution in [0.2, 0.25) is 0 Å². The highest BCUT2D eigenvalue weighted by molar-refractivity contribution is 6.53. The number of allylic oxidation sites excluding steroid dienone is 3. The molecule has 1 aliphatic carbocycles. The summed E-state index contributed by atoms with van der Waals surface area (Å²) in [6, 6.07) is 29.2. The van der Waals surface area contributed by atoms with E-state index >= 15 is 0 Å². The fourth-order valence-electron chi connectivity index (χ4n) is 4.51. The van der Waals surface area contributed by atoms with Gasteiger partial charge in [-0.25, -0.2) is 0 Å². The van der Waals surface area contributed by atoms with Gasteiger partial charge in [-0.1, -0.05) is 91.0 Å².